The first-order chi connectivity index (χ1) is 12.5. The molecule has 1 heterocycles. The summed E-state index contributed by atoms with van der Waals surface area (Å²) in [5.41, 5.74) is 6.64. The number of phenols is 1. The van der Waals surface area contributed by atoms with Crippen LogP contribution in [0.3, 0.4) is 0 Å². The maximum Gasteiger partial charge on any atom is 0.205 e. The number of hydrogen-bond acceptors (Lipinski definition) is 4. The average molecular weight is 366 g/mol. The number of benzene rings is 2. The van der Waals surface area contributed by atoms with Crippen molar-refractivity contribution < 1.29 is 5.11 Å². The van der Waals surface area contributed by atoms with E-state index in [0.29, 0.717) is 0 Å². The largest absolute Gasteiger partial charge is 0.508 e. The molecule has 3 rings (SSSR count). The Hall–Kier alpha value is -2.66. The van der Waals surface area contributed by atoms with Crippen molar-refractivity contribution in [2.45, 2.75) is 27.2 Å². The van der Waals surface area contributed by atoms with Gasteiger partial charge in [-0.15, -0.1) is 11.3 Å². The van der Waals surface area contributed by atoms with Crippen molar-refractivity contribution in [3.05, 3.63) is 69.3 Å². The molecule has 2 aromatic carbocycles. The molecule has 3 aromatic rings. The SMILES string of the molecule is CCC(=Nn1c(-c2ccc(C)c(C)c2)csc1=NC)c1ccc(O)cc1. The lowest BCUT2D eigenvalue weighted by Crippen LogP contribution is -2.14. The standard InChI is InChI=1S/C21H23N3OS/c1-5-19(16-8-10-18(25)11-9-16)23-24-20(13-26-21(24)22-4)17-7-6-14(2)15(3)12-17/h6-13,25H,5H2,1-4H3. The van der Waals surface area contributed by atoms with E-state index in [4.69, 9.17) is 5.10 Å². The molecule has 26 heavy (non-hydrogen) atoms. The van der Waals surface area contributed by atoms with Crippen molar-refractivity contribution in [1.29, 1.82) is 0 Å². The van der Waals surface area contributed by atoms with Gasteiger partial charge < -0.3 is 5.11 Å². The molecule has 0 aliphatic rings. The second-order valence-electron chi connectivity index (χ2n) is 6.19. The monoisotopic (exact) mass is 365 g/mol. The van der Waals surface area contributed by atoms with Gasteiger partial charge in [0, 0.05) is 18.0 Å². The smallest absolute Gasteiger partial charge is 0.205 e. The van der Waals surface area contributed by atoms with Crippen molar-refractivity contribution in [2.75, 3.05) is 7.05 Å². The fourth-order valence-corrected chi connectivity index (χ4v) is 3.55. The van der Waals surface area contributed by atoms with E-state index in [0.717, 1.165) is 33.8 Å². The highest BCUT2D eigenvalue weighted by atomic mass is 32.1. The molecule has 5 heteroatoms. The summed E-state index contributed by atoms with van der Waals surface area (Å²) in [6.07, 6.45) is 0.781. The minimum Gasteiger partial charge on any atom is -0.508 e. The van der Waals surface area contributed by atoms with E-state index < -0.39 is 0 Å². The first-order valence-corrected chi connectivity index (χ1v) is 9.49. The van der Waals surface area contributed by atoms with Gasteiger partial charge >= 0.3 is 0 Å². The van der Waals surface area contributed by atoms with Crippen LogP contribution in [0.5, 0.6) is 5.75 Å². The predicted molar refractivity (Wildman–Crippen MR) is 109 cm³/mol. The number of aryl methyl sites for hydroxylation is 2. The molecule has 134 valence electrons. The van der Waals surface area contributed by atoms with Crippen LogP contribution in [0.2, 0.25) is 0 Å². The molecule has 0 spiro atoms. The van der Waals surface area contributed by atoms with E-state index in [-0.39, 0.29) is 5.75 Å². The number of nitrogens with zero attached hydrogens (tertiary/aromatic N) is 3. The van der Waals surface area contributed by atoms with E-state index in [1.165, 1.54) is 11.1 Å². The molecule has 1 aromatic heterocycles. The first kappa shape index (κ1) is 18.1. The van der Waals surface area contributed by atoms with Gasteiger partial charge in [0.2, 0.25) is 4.80 Å². The van der Waals surface area contributed by atoms with Gasteiger partial charge in [0.1, 0.15) is 5.75 Å². The van der Waals surface area contributed by atoms with Crippen molar-refractivity contribution in [3.63, 3.8) is 0 Å². The quantitative estimate of drug-likeness (QED) is 0.668. The average Bonchev–Trinajstić information content (AvgIpc) is 3.05. The number of aromatic nitrogens is 1. The predicted octanol–water partition coefficient (Wildman–Crippen LogP) is 4.73. The van der Waals surface area contributed by atoms with Gasteiger partial charge in [0.15, 0.2) is 0 Å². The summed E-state index contributed by atoms with van der Waals surface area (Å²) in [6.45, 7) is 6.32. The van der Waals surface area contributed by atoms with Crippen LogP contribution in [0.15, 0.2) is 57.9 Å². The van der Waals surface area contributed by atoms with Crippen molar-refractivity contribution >= 4 is 17.0 Å². The maximum atomic E-state index is 9.53. The van der Waals surface area contributed by atoms with Gasteiger partial charge in [0.25, 0.3) is 0 Å². The summed E-state index contributed by atoms with van der Waals surface area (Å²) < 4.78 is 1.92. The van der Waals surface area contributed by atoms with Gasteiger partial charge in [-0.1, -0.05) is 19.1 Å². The minimum absolute atomic E-state index is 0.257. The third kappa shape index (κ3) is 3.63. The molecule has 0 fully saturated rings. The molecule has 0 amide bonds. The van der Waals surface area contributed by atoms with Crippen LogP contribution in [0.1, 0.15) is 30.0 Å². The summed E-state index contributed by atoms with van der Waals surface area (Å²) in [7, 11) is 1.79. The second-order valence-corrected chi connectivity index (χ2v) is 7.02. The number of aromatic hydroxyl groups is 1. The molecule has 0 saturated heterocycles. The summed E-state index contributed by atoms with van der Waals surface area (Å²) in [4.78, 5) is 5.24. The number of thiazole rings is 1. The molecule has 1 N–H and O–H groups in total. The second kappa shape index (κ2) is 7.70. The minimum atomic E-state index is 0.257. The number of rotatable bonds is 4. The fraction of sp³-hybridized carbons (Fsp3) is 0.238. The highest BCUT2D eigenvalue weighted by molar-refractivity contribution is 7.07. The lowest BCUT2D eigenvalue weighted by Gasteiger charge is -2.09. The first-order valence-electron chi connectivity index (χ1n) is 8.61. The summed E-state index contributed by atoms with van der Waals surface area (Å²) in [6, 6.07) is 13.6. The Kier molecular flexibility index (Phi) is 5.38. The zero-order valence-corrected chi connectivity index (χ0v) is 16.3. The third-order valence-corrected chi connectivity index (χ3v) is 5.34. The zero-order chi connectivity index (χ0) is 18.7. The normalized spacial score (nSPS) is 12.6. The Balaban J connectivity index is 2.15. The van der Waals surface area contributed by atoms with Crippen LogP contribution in [-0.4, -0.2) is 22.5 Å². The molecular formula is C21H23N3OS. The number of phenolic OH excluding ortho intramolecular Hbond substituents is 1. The molecule has 0 bridgehead atoms. The van der Waals surface area contributed by atoms with Crippen molar-refractivity contribution in [2.24, 2.45) is 10.1 Å². The van der Waals surface area contributed by atoms with Crippen LogP contribution >= 0.6 is 11.3 Å². The topological polar surface area (TPSA) is 49.9 Å². The van der Waals surface area contributed by atoms with Crippen LogP contribution in [0.25, 0.3) is 11.3 Å². The highest BCUT2D eigenvalue weighted by Gasteiger charge is 2.10. The zero-order valence-electron chi connectivity index (χ0n) is 15.5. The van der Waals surface area contributed by atoms with Crippen LogP contribution in [0, 0.1) is 13.8 Å². The maximum absolute atomic E-state index is 9.53. The van der Waals surface area contributed by atoms with Gasteiger partial charge in [-0.05, 0) is 67.3 Å². The lowest BCUT2D eigenvalue weighted by atomic mass is 10.0. The third-order valence-electron chi connectivity index (χ3n) is 4.44. The fourth-order valence-electron chi connectivity index (χ4n) is 2.75. The van der Waals surface area contributed by atoms with Crippen LogP contribution < -0.4 is 4.80 Å². The van der Waals surface area contributed by atoms with E-state index in [9.17, 15) is 5.11 Å². The summed E-state index contributed by atoms with van der Waals surface area (Å²) in [5, 5.41) is 16.5. The van der Waals surface area contributed by atoms with Crippen molar-refractivity contribution in [3.8, 4) is 17.0 Å². The van der Waals surface area contributed by atoms with Crippen molar-refractivity contribution in [1.82, 2.24) is 4.68 Å². The van der Waals surface area contributed by atoms with Gasteiger partial charge in [0.05, 0.1) is 11.4 Å². The van der Waals surface area contributed by atoms with Gasteiger partial charge in [-0.25, -0.2) is 4.68 Å². The van der Waals surface area contributed by atoms with E-state index >= 15 is 0 Å². The Morgan fingerprint density at radius 3 is 2.42 bits per heavy atom. The molecule has 0 aliphatic heterocycles. The number of hydrogen-bond donors (Lipinski definition) is 1. The molecule has 0 aliphatic carbocycles. The summed E-state index contributed by atoms with van der Waals surface area (Å²) >= 11 is 1.58. The van der Waals surface area contributed by atoms with Crippen LogP contribution in [-0.2, 0) is 0 Å². The van der Waals surface area contributed by atoms with E-state index in [2.05, 4.69) is 49.3 Å². The molecule has 0 unspecified atom stereocenters. The van der Waals surface area contributed by atoms with Crippen LogP contribution in [0.4, 0.5) is 0 Å². The molecular weight excluding hydrogens is 342 g/mol. The Morgan fingerprint density at radius 1 is 1.08 bits per heavy atom. The van der Waals surface area contributed by atoms with Gasteiger partial charge in [-0.3, -0.25) is 4.99 Å². The summed E-state index contributed by atoms with van der Waals surface area (Å²) in [5.74, 6) is 0.257. The lowest BCUT2D eigenvalue weighted by molar-refractivity contribution is 0.475. The molecule has 4 nitrogen and oxygen atoms in total. The highest BCUT2D eigenvalue weighted by Crippen LogP contribution is 2.23. The Labute approximate surface area is 157 Å². The molecule has 0 atom stereocenters. The Morgan fingerprint density at radius 2 is 1.81 bits per heavy atom. The van der Waals surface area contributed by atoms with E-state index in [1.807, 2.05) is 16.8 Å². The Bertz CT molecular complexity index is 1010. The van der Waals surface area contributed by atoms with Gasteiger partial charge in [-0.2, -0.15) is 5.10 Å². The van der Waals surface area contributed by atoms with E-state index in [1.54, 1.807) is 30.5 Å². The molecule has 0 saturated carbocycles. The molecule has 0 radical (unpaired) electrons.